The molecule has 0 aliphatic carbocycles. The van der Waals surface area contributed by atoms with Crippen molar-refractivity contribution in [3.05, 3.63) is 308 Å². The monoisotopic (exact) mass is 1380 g/mol. The number of hydrogen-bond acceptors (Lipinski definition) is 0. The van der Waals surface area contributed by atoms with Crippen LogP contribution >= 0.6 is 0 Å². The second-order valence-corrected chi connectivity index (χ2v) is 22.7. The summed E-state index contributed by atoms with van der Waals surface area (Å²) in [7, 11) is 0. The lowest BCUT2D eigenvalue weighted by Crippen LogP contribution is -1.95. The van der Waals surface area contributed by atoms with Crippen LogP contribution < -0.4 is 0 Å². The number of aryl methyl sites for hydroxylation is 8. The maximum Gasteiger partial charge on any atom is -0.00133 e. The highest BCUT2D eigenvalue weighted by molar-refractivity contribution is 6.12. The summed E-state index contributed by atoms with van der Waals surface area (Å²) in [5, 5.41) is 21.4. The highest BCUT2D eigenvalue weighted by Gasteiger charge is 2.13. The molecule has 0 heterocycles. The van der Waals surface area contributed by atoms with E-state index in [1.54, 1.807) is 0 Å². The molecule has 0 heteroatoms. The second kappa shape index (κ2) is 53.0. The van der Waals surface area contributed by atoms with Crippen LogP contribution in [0.15, 0.2) is 231 Å². The van der Waals surface area contributed by atoms with Crippen molar-refractivity contribution in [2.75, 3.05) is 0 Å². The van der Waals surface area contributed by atoms with Crippen molar-refractivity contribution >= 4 is 86.2 Å². The fraction of sp³-hybridized carbons (Fsp3) is 0.340. The lowest BCUT2D eigenvalue weighted by molar-refractivity contribution is 1.15. The topological polar surface area (TPSA) is 0 Å². The summed E-state index contributed by atoms with van der Waals surface area (Å²) >= 11 is 0. The summed E-state index contributed by atoms with van der Waals surface area (Å²) in [6.45, 7) is 65.6. The van der Waals surface area contributed by atoms with Gasteiger partial charge >= 0.3 is 0 Å². The van der Waals surface area contributed by atoms with Crippen molar-refractivity contribution in [1.29, 1.82) is 0 Å². The Morgan fingerprint density at radius 2 is 0.369 bits per heavy atom. The van der Waals surface area contributed by atoms with Gasteiger partial charge in [-0.3, -0.25) is 0 Å². The Morgan fingerprint density at radius 3 is 0.631 bits per heavy atom. The zero-order chi connectivity index (χ0) is 78.3. The number of fused-ring (bicyclic) bond motifs is 12. The first kappa shape index (κ1) is 94.2. The number of benzene rings is 14. The van der Waals surface area contributed by atoms with E-state index in [1.165, 1.54) is 164 Å². The van der Waals surface area contributed by atoms with Gasteiger partial charge in [-0.15, -0.1) is 0 Å². The van der Waals surface area contributed by atoms with E-state index in [1.807, 2.05) is 166 Å². The smallest absolute Gasteiger partial charge is 0.00133 e. The fourth-order valence-corrected chi connectivity index (χ4v) is 13.0. The van der Waals surface area contributed by atoms with Gasteiger partial charge in [0.25, 0.3) is 0 Å². The molecule has 14 aromatic rings. The summed E-state index contributed by atoms with van der Waals surface area (Å²) in [6, 6.07) is 85.5. The summed E-state index contributed by atoms with van der Waals surface area (Å²) in [6.07, 6.45) is 2.91. The van der Waals surface area contributed by atoms with Crippen LogP contribution in [-0.2, 0) is 19.3 Å². The molecule has 0 spiro atoms. The van der Waals surface area contributed by atoms with Crippen LogP contribution in [0.5, 0.6) is 0 Å². The van der Waals surface area contributed by atoms with Gasteiger partial charge in [-0.25, -0.2) is 0 Å². The van der Waals surface area contributed by atoms with Gasteiger partial charge in [0.05, 0.1) is 0 Å². The molecular weight excluding hydrogens is 1240 g/mol. The average Bonchev–Trinajstić information content (AvgIpc) is 0.763. The fourth-order valence-electron chi connectivity index (χ4n) is 13.0. The minimum atomic E-state index is 0.938. The minimum Gasteiger partial charge on any atom is -0.0683 e. The van der Waals surface area contributed by atoms with Crippen LogP contribution in [0.3, 0.4) is 0 Å². The normalized spacial score (nSPS) is 9.48. The average molecular weight is 1380 g/mol. The molecule has 0 N–H and O–H groups in total. The van der Waals surface area contributed by atoms with E-state index >= 15 is 0 Å². The molecule has 0 saturated heterocycles. The summed E-state index contributed by atoms with van der Waals surface area (Å²) < 4.78 is 0. The lowest BCUT2D eigenvalue weighted by atomic mass is 9.90. The molecule has 103 heavy (non-hydrogen) atoms. The van der Waals surface area contributed by atoms with Crippen LogP contribution in [0, 0.1) is 55.4 Å². The predicted octanol–water partition coefficient (Wildman–Crippen LogP) is 33.8. The SMILES string of the molecule is CC.CC.CC.CC.CC.CC.CC.CC.CC.CC.CC.CC.Cc1cc(C)cc(Cc2cc(C)cc(C)c2)c1.Cc1cc(Cc2cc(C)c3ccc4ccccc4c3c2)cc2c1ccc1ccccc12.Cc1cc(Cc2cc(C)cc3c2ccc2ccccc23)c2ccc3ccccc3c2c1. The summed E-state index contributed by atoms with van der Waals surface area (Å²) in [4.78, 5) is 0. The zero-order valence-electron chi connectivity index (χ0n) is 71.1. The van der Waals surface area contributed by atoms with E-state index in [4.69, 9.17) is 0 Å². The van der Waals surface area contributed by atoms with Gasteiger partial charge in [-0.2, -0.15) is 0 Å². The van der Waals surface area contributed by atoms with Crippen LogP contribution in [0.25, 0.3) is 86.2 Å². The maximum atomic E-state index is 2.40. The Labute approximate surface area is 631 Å². The van der Waals surface area contributed by atoms with Gasteiger partial charge in [-0.1, -0.05) is 430 Å². The molecule has 14 rings (SSSR count). The first-order valence-corrected chi connectivity index (χ1v) is 40.2. The minimum absolute atomic E-state index is 0.938. The van der Waals surface area contributed by atoms with Crippen LogP contribution in [0.1, 0.15) is 244 Å². The van der Waals surface area contributed by atoms with Crippen molar-refractivity contribution in [1.82, 2.24) is 0 Å². The summed E-state index contributed by atoms with van der Waals surface area (Å²) in [5.41, 5.74) is 19.1. The molecule has 0 radical (unpaired) electrons. The third-order valence-electron chi connectivity index (χ3n) is 16.2. The van der Waals surface area contributed by atoms with E-state index in [-0.39, 0.29) is 0 Å². The predicted molar refractivity (Wildman–Crippen MR) is 481 cm³/mol. The Balaban J connectivity index is 0.00000135. The summed E-state index contributed by atoms with van der Waals surface area (Å²) in [5.74, 6) is 0. The molecule has 552 valence electrons. The van der Waals surface area contributed by atoms with Crippen LogP contribution in [-0.4, -0.2) is 0 Å². The largest absolute Gasteiger partial charge is 0.0683 e. The molecule has 0 unspecified atom stereocenters. The lowest BCUT2D eigenvalue weighted by Gasteiger charge is -2.14. The van der Waals surface area contributed by atoms with Crippen molar-refractivity contribution < 1.29 is 0 Å². The second-order valence-electron chi connectivity index (χ2n) is 22.7. The Hall–Kier alpha value is -8.84. The molecule has 14 aromatic carbocycles. The van der Waals surface area contributed by atoms with Gasteiger partial charge in [0.2, 0.25) is 0 Å². The molecule has 0 nitrogen and oxygen atoms in total. The van der Waals surface area contributed by atoms with E-state index < -0.39 is 0 Å². The molecule has 0 bridgehead atoms. The van der Waals surface area contributed by atoms with Crippen LogP contribution in [0.2, 0.25) is 0 Å². The van der Waals surface area contributed by atoms with E-state index in [0.29, 0.717) is 0 Å². The van der Waals surface area contributed by atoms with Gasteiger partial charge in [-0.05, 0) is 205 Å². The van der Waals surface area contributed by atoms with Crippen molar-refractivity contribution in [3.63, 3.8) is 0 Å². The molecule has 0 aliphatic rings. The number of rotatable bonds is 6. The van der Waals surface area contributed by atoms with E-state index in [2.05, 4.69) is 286 Å². The standard InChI is InChI=1S/2C31H24.C17H20.12C2H6/c1-20-15-22(18-30-26(20)13-11-24-7-3-5-9-28(24)30)17-23-16-21(2)27-14-12-25-8-4-6-10-29(25)31(27)19-23;1-20-15-24(28-13-11-22-7-3-5-9-26(22)30(28)17-20)19-25-16-21(2)18-31-27-10-6-4-8-23(27)12-14-29(25)31;1-12-5-13(2)8-16(7-12)11-17-9-14(3)6-15(4)10-17;12*1-2/h3-16,18-19H,17H2,1-2H3;3-18H,19H2,1-2H3;5-10H,11H2,1-4H3;12*1-2H3. The van der Waals surface area contributed by atoms with Gasteiger partial charge < -0.3 is 0 Å². The Morgan fingerprint density at radius 1 is 0.155 bits per heavy atom. The Bertz CT molecular complexity index is 4320. The van der Waals surface area contributed by atoms with E-state index in [9.17, 15) is 0 Å². The maximum absolute atomic E-state index is 2.40. The first-order valence-electron chi connectivity index (χ1n) is 40.2. The van der Waals surface area contributed by atoms with Crippen molar-refractivity contribution in [3.8, 4) is 0 Å². The highest BCUT2D eigenvalue weighted by Crippen LogP contribution is 2.36. The third-order valence-corrected chi connectivity index (χ3v) is 16.2. The van der Waals surface area contributed by atoms with Gasteiger partial charge in [0.1, 0.15) is 0 Å². The van der Waals surface area contributed by atoms with Gasteiger partial charge in [0.15, 0.2) is 0 Å². The number of hydrogen-bond donors (Lipinski definition) is 0. The molecule has 0 atom stereocenters. The molecule has 0 fully saturated rings. The molecule has 0 aromatic heterocycles. The molecule has 0 saturated carbocycles. The molecular formula is C103H140. The quantitative estimate of drug-likeness (QED) is 0.146. The third kappa shape index (κ3) is 26.4. The first-order chi connectivity index (χ1) is 50.4. The van der Waals surface area contributed by atoms with Crippen molar-refractivity contribution in [2.24, 2.45) is 0 Å². The van der Waals surface area contributed by atoms with Crippen LogP contribution in [0.4, 0.5) is 0 Å². The molecule has 0 amide bonds. The molecule has 0 aliphatic heterocycles. The zero-order valence-corrected chi connectivity index (χ0v) is 71.1. The van der Waals surface area contributed by atoms with E-state index in [0.717, 1.165) is 19.3 Å². The highest BCUT2D eigenvalue weighted by atomic mass is 14.2. The van der Waals surface area contributed by atoms with Crippen molar-refractivity contribution in [2.45, 2.75) is 241 Å². The Kier molecular flexibility index (Phi) is 48.5. The van der Waals surface area contributed by atoms with Gasteiger partial charge in [0, 0.05) is 0 Å².